The van der Waals surface area contributed by atoms with Gasteiger partial charge in [0.25, 0.3) is 0 Å². The lowest BCUT2D eigenvalue weighted by atomic mass is 10.1. The smallest absolute Gasteiger partial charge is 0.140 e. The Hall–Kier alpha value is -0.610. The summed E-state index contributed by atoms with van der Waals surface area (Å²) in [5.41, 5.74) is 1.14. The molecule has 0 radical (unpaired) electrons. The van der Waals surface area contributed by atoms with Crippen LogP contribution in [0.2, 0.25) is 0 Å². The SMILES string of the molecule is CCCCOCCOCCO/N=C(\CC)CCCC. The van der Waals surface area contributed by atoms with Gasteiger partial charge in [0.2, 0.25) is 0 Å². The van der Waals surface area contributed by atoms with Crippen LogP contribution in [0.15, 0.2) is 5.16 Å². The highest BCUT2D eigenvalue weighted by atomic mass is 16.6. The third kappa shape index (κ3) is 13.6. The molecule has 0 fully saturated rings. The summed E-state index contributed by atoms with van der Waals surface area (Å²) in [5.74, 6) is 0. The number of hydrogen-bond acceptors (Lipinski definition) is 4. The molecule has 0 aliphatic rings. The van der Waals surface area contributed by atoms with E-state index in [2.05, 4.69) is 25.9 Å². The van der Waals surface area contributed by atoms with Crippen LogP contribution in [0.3, 0.4) is 0 Å². The largest absolute Gasteiger partial charge is 0.393 e. The predicted molar refractivity (Wildman–Crippen MR) is 79.7 cm³/mol. The minimum absolute atomic E-state index is 0.518. The van der Waals surface area contributed by atoms with Crippen LogP contribution in [0, 0.1) is 0 Å². The first-order valence-electron chi connectivity index (χ1n) is 7.68. The Bertz CT molecular complexity index is 208. The summed E-state index contributed by atoms with van der Waals surface area (Å²) in [6.45, 7) is 9.68. The van der Waals surface area contributed by atoms with E-state index in [9.17, 15) is 0 Å². The van der Waals surface area contributed by atoms with E-state index in [4.69, 9.17) is 14.3 Å². The van der Waals surface area contributed by atoms with Crippen molar-refractivity contribution in [2.45, 2.75) is 59.3 Å². The highest BCUT2D eigenvalue weighted by molar-refractivity contribution is 5.83. The number of nitrogens with zero attached hydrogens (tertiary/aromatic N) is 1. The molecule has 0 aromatic heterocycles. The van der Waals surface area contributed by atoms with Gasteiger partial charge in [0, 0.05) is 6.61 Å². The Morgan fingerprint density at radius 3 is 2.05 bits per heavy atom. The molecule has 0 atom stereocenters. The van der Waals surface area contributed by atoms with E-state index in [0.717, 1.165) is 31.6 Å². The molecule has 4 heteroatoms. The number of hydrogen-bond donors (Lipinski definition) is 0. The zero-order valence-corrected chi connectivity index (χ0v) is 13.0. The zero-order valence-electron chi connectivity index (χ0n) is 13.0. The number of rotatable bonds is 14. The van der Waals surface area contributed by atoms with Gasteiger partial charge in [-0.2, -0.15) is 0 Å². The molecular weight excluding hydrogens is 242 g/mol. The number of ether oxygens (including phenoxy) is 2. The summed E-state index contributed by atoms with van der Waals surface area (Å²) < 4.78 is 10.8. The van der Waals surface area contributed by atoms with Crippen molar-refractivity contribution >= 4 is 5.71 Å². The molecule has 4 nitrogen and oxygen atoms in total. The first kappa shape index (κ1) is 18.4. The molecule has 0 saturated heterocycles. The lowest BCUT2D eigenvalue weighted by Crippen LogP contribution is -2.09. The monoisotopic (exact) mass is 273 g/mol. The second-order valence-corrected chi connectivity index (χ2v) is 4.53. The Morgan fingerprint density at radius 2 is 1.42 bits per heavy atom. The fourth-order valence-electron chi connectivity index (χ4n) is 1.47. The molecule has 114 valence electrons. The van der Waals surface area contributed by atoms with Crippen molar-refractivity contribution in [3.63, 3.8) is 0 Å². The number of oxime groups is 1. The van der Waals surface area contributed by atoms with Gasteiger partial charge in [0.1, 0.15) is 6.61 Å². The van der Waals surface area contributed by atoms with Crippen LogP contribution in [-0.2, 0) is 14.3 Å². The van der Waals surface area contributed by atoms with Crippen LogP contribution in [0.5, 0.6) is 0 Å². The van der Waals surface area contributed by atoms with Gasteiger partial charge in [-0.1, -0.05) is 38.8 Å². The molecule has 0 aromatic carbocycles. The average Bonchev–Trinajstić information content (AvgIpc) is 2.44. The van der Waals surface area contributed by atoms with Crippen molar-refractivity contribution < 1.29 is 14.3 Å². The van der Waals surface area contributed by atoms with E-state index in [0.29, 0.717) is 26.4 Å². The van der Waals surface area contributed by atoms with E-state index >= 15 is 0 Å². The standard InChI is InChI=1S/C15H31NO3/c1-4-7-9-15(6-3)16-19-14-13-18-12-11-17-10-8-5-2/h4-14H2,1-3H3/b16-15+. The van der Waals surface area contributed by atoms with Crippen LogP contribution in [-0.4, -0.2) is 38.7 Å². The Kier molecular flexibility index (Phi) is 15.0. The summed E-state index contributed by atoms with van der Waals surface area (Å²) in [6.07, 6.45) is 6.67. The van der Waals surface area contributed by atoms with Gasteiger partial charge in [-0.25, -0.2) is 0 Å². The fourth-order valence-corrected chi connectivity index (χ4v) is 1.47. The van der Waals surface area contributed by atoms with Gasteiger partial charge in [0.15, 0.2) is 0 Å². The summed E-state index contributed by atoms with van der Waals surface area (Å²) in [5, 5.41) is 4.14. The van der Waals surface area contributed by atoms with Gasteiger partial charge in [0.05, 0.1) is 25.5 Å². The molecule has 0 amide bonds. The van der Waals surface area contributed by atoms with Gasteiger partial charge in [-0.3, -0.25) is 0 Å². The normalized spacial score (nSPS) is 11.8. The minimum Gasteiger partial charge on any atom is -0.393 e. The van der Waals surface area contributed by atoms with Crippen LogP contribution in [0.4, 0.5) is 0 Å². The van der Waals surface area contributed by atoms with Crippen molar-refractivity contribution in [2.75, 3.05) is 33.0 Å². The summed E-state index contributed by atoms with van der Waals surface area (Å²) >= 11 is 0. The third-order valence-electron chi connectivity index (χ3n) is 2.75. The summed E-state index contributed by atoms with van der Waals surface area (Å²) in [7, 11) is 0. The fraction of sp³-hybridized carbons (Fsp3) is 0.933. The van der Waals surface area contributed by atoms with Crippen molar-refractivity contribution in [1.82, 2.24) is 0 Å². The van der Waals surface area contributed by atoms with Crippen molar-refractivity contribution in [2.24, 2.45) is 5.16 Å². The number of unbranched alkanes of at least 4 members (excludes halogenated alkanes) is 2. The van der Waals surface area contributed by atoms with E-state index in [1.54, 1.807) is 0 Å². The molecule has 0 N–H and O–H groups in total. The second kappa shape index (κ2) is 15.4. The predicted octanol–water partition coefficient (Wildman–Crippen LogP) is 3.79. The molecule has 19 heavy (non-hydrogen) atoms. The van der Waals surface area contributed by atoms with E-state index in [-0.39, 0.29) is 0 Å². The quantitative estimate of drug-likeness (QED) is 0.274. The molecule has 0 saturated carbocycles. The topological polar surface area (TPSA) is 40.0 Å². The molecular formula is C15H31NO3. The lowest BCUT2D eigenvalue weighted by molar-refractivity contribution is 0.0151. The maximum Gasteiger partial charge on any atom is 0.140 e. The van der Waals surface area contributed by atoms with E-state index < -0.39 is 0 Å². The van der Waals surface area contributed by atoms with Gasteiger partial charge in [-0.05, 0) is 25.7 Å². The van der Waals surface area contributed by atoms with Gasteiger partial charge in [-0.15, -0.1) is 0 Å². The van der Waals surface area contributed by atoms with Crippen LogP contribution in [0.1, 0.15) is 59.3 Å². The van der Waals surface area contributed by atoms with Gasteiger partial charge >= 0.3 is 0 Å². The summed E-state index contributed by atoms with van der Waals surface area (Å²) in [4.78, 5) is 5.25. The molecule has 0 spiro atoms. The third-order valence-corrected chi connectivity index (χ3v) is 2.75. The van der Waals surface area contributed by atoms with Crippen molar-refractivity contribution in [1.29, 1.82) is 0 Å². The minimum atomic E-state index is 0.518. The van der Waals surface area contributed by atoms with Crippen molar-refractivity contribution in [3.8, 4) is 0 Å². The molecule has 0 aliphatic carbocycles. The first-order chi connectivity index (χ1) is 9.35. The van der Waals surface area contributed by atoms with E-state index in [1.165, 1.54) is 19.3 Å². The molecule has 0 aromatic rings. The van der Waals surface area contributed by atoms with E-state index in [1.807, 2.05) is 0 Å². The van der Waals surface area contributed by atoms with Crippen LogP contribution >= 0.6 is 0 Å². The molecule has 0 bridgehead atoms. The molecule has 0 unspecified atom stereocenters. The Balaban J connectivity index is 3.30. The van der Waals surface area contributed by atoms with Crippen LogP contribution in [0.25, 0.3) is 0 Å². The average molecular weight is 273 g/mol. The molecule has 0 heterocycles. The second-order valence-electron chi connectivity index (χ2n) is 4.53. The zero-order chi connectivity index (χ0) is 14.2. The Labute approximate surface area is 118 Å². The van der Waals surface area contributed by atoms with Crippen molar-refractivity contribution in [3.05, 3.63) is 0 Å². The highest BCUT2D eigenvalue weighted by Crippen LogP contribution is 2.01. The molecule has 0 aliphatic heterocycles. The summed E-state index contributed by atoms with van der Waals surface area (Å²) in [6, 6.07) is 0. The van der Waals surface area contributed by atoms with Gasteiger partial charge < -0.3 is 14.3 Å². The Morgan fingerprint density at radius 1 is 0.789 bits per heavy atom. The molecule has 0 rings (SSSR count). The lowest BCUT2D eigenvalue weighted by Gasteiger charge is -2.06. The first-order valence-corrected chi connectivity index (χ1v) is 7.68. The maximum absolute atomic E-state index is 5.39. The highest BCUT2D eigenvalue weighted by Gasteiger charge is 1.96. The maximum atomic E-state index is 5.39. The van der Waals surface area contributed by atoms with Crippen LogP contribution < -0.4 is 0 Å².